The maximum absolute atomic E-state index is 14.6. The first kappa shape index (κ1) is 32.5. The second kappa shape index (κ2) is 12.0. The number of halogens is 6. The van der Waals surface area contributed by atoms with E-state index in [4.69, 9.17) is 23.2 Å². The zero-order chi connectivity index (χ0) is 31.2. The first-order chi connectivity index (χ1) is 19.4. The summed E-state index contributed by atoms with van der Waals surface area (Å²) in [6.45, 7) is 5.31. The molecular weight excluding hydrogens is 601 g/mol. The van der Waals surface area contributed by atoms with Crippen LogP contribution in [0.2, 0.25) is 10.0 Å². The number of benzene rings is 1. The van der Waals surface area contributed by atoms with Gasteiger partial charge in [-0.05, 0) is 75.8 Å². The first-order valence-electron chi connectivity index (χ1n) is 13.9. The van der Waals surface area contributed by atoms with Gasteiger partial charge in [0, 0.05) is 11.6 Å². The van der Waals surface area contributed by atoms with Gasteiger partial charge in [-0.1, -0.05) is 37.0 Å². The SMILES string of the molecule is CC1(C)CCC(N(C[C@@H](O)c2c(Cl)cc(F)cc2Cl)C(=O)c2cnn([C@H]3CC[C@](C)(C(=O)O)CC3)c2C(F)(F)F)CC1. The molecule has 7 nitrogen and oxygen atoms in total. The summed E-state index contributed by atoms with van der Waals surface area (Å²) < 4.78 is 58.3. The van der Waals surface area contributed by atoms with Crippen LogP contribution in [0, 0.1) is 16.6 Å². The molecule has 1 aromatic carbocycles. The highest BCUT2D eigenvalue weighted by atomic mass is 35.5. The summed E-state index contributed by atoms with van der Waals surface area (Å²) >= 11 is 12.3. The summed E-state index contributed by atoms with van der Waals surface area (Å²) in [4.78, 5) is 26.9. The van der Waals surface area contributed by atoms with E-state index in [0.717, 1.165) is 23.0 Å². The molecule has 2 saturated carbocycles. The Bertz CT molecular complexity index is 1310. The number of aliphatic hydroxyl groups excluding tert-OH is 1. The minimum Gasteiger partial charge on any atom is -0.481 e. The molecule has 1 atom stereocenters. The molecule has 4 rings (SSSR count). The number of alkyl halides is 3. The van der Waals surface area contributed by atoms with E-state index in [0.29, 0.717) is 25.7 Å². The van der Waals surface area contributed by atoms with E-state index < -0.39 is 65.3 Å². The lowest BCUT2D eigenvalue weighted by atomic mass is 9.74. The third-order valence-electron chi connectivity index (χ3n) is 8.97. The van der Waals surface area contributed by atoms with Crippen LogP contribution < -0.4 is 0 Å². The number of aliphatic hydroxyl groups is 1. The van der Waals surface area contributed by atoms with Gasteiger partial charge in [-0.15, -0.1) is 0 Å². The highest BCUT2D eigenvalue weighted by Crippen LogP contribution is 2.44. The molecule has 1 heterocycles. The van der Waals surface area contributed by atoms with Crippen molar-refractivity contribution in [2.24, 2.45) is 10.8 Å². The van der Waals surface area contributed by atoms with Crippen LogP contribution in [0.3, 0.4) is 0 Å². The Morgan fingerprint density at radius 1 is 1.07 bits per heavy atom. The van der Waals surface area contributed by atoms with E-state index in [2.05, 4.69) is 18.9 Å². The van der Waals surface area contributed by atoms with Crippen LogP contribution in [0.4, 0.5) is 17.6 Å². The summed E-state index contributed by atoms with van der Waals surface area (Å²) in [5.74, 6) is -2.67. The molecule has 42 heavy (non-hydrogen) atoms. The monoisotopic (exact) mass is 635 g/mol. The van der Waals surface area contributed by atoms with Crippen molar-refractivity contribution in [3.05, 3.63) is 51.0 Å². The molecule has 1 aromatic heterocycles. The maximum Gasteiger partial charge on any atom is 0.433 e. The number of hydrogen-bond acceptors (Lipinski definition) is 4. The zero-order valence-corrected chi connectivity index (χ0v) is 25.2. The fourth-order valence-corrected chi connectivity index (χ4v) is 6.89. The second-order valence-corrected chi connectivity index (χ2v) is 13.4. The molecule has 0 saturated heterocycles. The van der Waals surface area contributed by atoms with Gasteiger partial charge in [0.25, 0.3) is 5.91 Å². The van der Waals surface area contributed by atoms with Crippen molar-refractivity contribution in [3.63, 3.8) is 0 Å². The average molecular weight is 637 g/mol. The minimum absolute atomic E-state index is 0.0130. The van der Waals surface area contributed by atoms with E-state index in [1.807, 2.05) is 0 Å². The highest BCUT2D eigenvalue weighted by Gasteiger charge is 2.46. The first-order valence-corrected chi connectivity index (χ1v) is 14.7. The normalized spacial score (nSPS) is 23.9. The average Bonchev–Trinajstić information content (AvgIpc) is 3.33. The van der Waals surface area contributed by atoms with Crippen molar-refractivity contribution >= 4 is 35.1 Å². The maximum atomic E-state index is 14.6. The third-order valence-corrected chi connectivity index (χ3v) is 9.60. The van der Waals surface area contributed by atoms with Gasteiger partial charge in [-0.3, -0.25) is 14.3 Å². The minimum atomic E-state index is -4.93. The van der Waals surface area contributed by atoms with Crippen LogP contribution >= 0.6 is 23.2 Å². The van der Waals surface area contributed by atoms with Gasteiger partial charge in [-0.2, -0.15) is 18.3 Å². The molecule has 232 valence electrons. The lowest BCUT2D eigenvalue weighted by Gasteiger charge is -2.41. The largest absolute Gasteiger partial charge is 0.481 e. The Kier molecular flexibility index (Phi) is 9.27. The Morgan fingerprint density at radius 2 is 1.62 bits per heavy atom. The topological polar surface area (TPSA) is 95.7 Å². The lowest BCUT2D eigenvalue weighted by molar-refractivity contribution is -0.152. The van der Waals surface area contributed by atoms with E-state index in [1.165, 1.54) is 4.90 Å². The van der Waals surface area contributed by atoms with Crippen LogP contribution in [-0.2, 0) is 11.0 Å². The summed E-state index contributed by atoms with van der Waals surface area (Å²) in [5.41, 5.74) is -2.93. The van der Waals surface area contributed by atoms with E-state index in [1.54, 1.807) is 6.92 Å². The van der Waals surface area contributed by atoms with Crippen molar-refractivity contribution < 1.29 is 37.4 Å². The Morgan fingerprint density at radius 3 is 2.12 bits per heavy atom. The second-order valence-electron chi connectivity index (χ2n) is 12.6. The van der Waals surface area contributed by atoms with E-state index in [-0.39, 0.29) is 46.7 Å². The predicted molar refractivity (Wildman–Crippen MR) is 149 cm³/mol. The van der Waals surface area contributed by atoms with Crippen molar-refractivity contribution in [3.8, 4) is 0 Å². The molecule has 0 unspecified atom stereocenters. The third kappa shape index (κ3) is 6.73. The van der Waals surface area contributed by atoms with Crippen LogP contribution in [-0.4, -0.2) is 49.4 Å². The molecular formula is C29H35Cl2F4N3O4. The van der Waals surface area contributed by atoms with Gasteiger partial charge < -0.3 is 15.1 Å². The number of carboxylic acid groups (broad SMARTS) is 1. The predicted octanol–water partition coefficient (Wildman–Crippen LogP) is 7.70. The Hall–Kier alpha value is -2.37. The van der Waals surface area contributed by atoms with Crippen LogP contribution in [0.1, 0.15) is 106 Å². The Balaban J connectivity index is 1.70. The smallest absolute Gasteiger partial charge is 0.433 e. The molecule has 0 aliphatic heterocycles. The number of carboxylic acids is 1. The standard InChI is InChI=1S/C29H35Cl2F4N3O4/c1-27(2)8-4-17(5-9-27)37(15-22(39)23-20(30)12-16(32)13-21(23)31)25(40)19-14-36-38(24(19)29(33,34)35)18-6-10-28(3,11-7-18)26(41)42/h12-14,17-18,22,39H,4-11,15H2,1-3H3,(H,41,42)/t18-,22-,28-/m1/s1. The molecule has 0 radical (unpaired) electrons. The van der Waals surface area contributed by atoms with Gasteiger partial charge in [0.05, 0.1) is 45.9 Å². The fraction of sp³-hybridized carbons (Fsp3) is 0.621. The zero-order valence-electron chi connectivity index (χ0n) is 23.6. The van der Waals surface area contributed by atoms with Crippen molar-refractivity contribution in [2.45, 2.75) is 96.5 Å². The molecule has 13 heteroatoms. The van der Waals surface area contributed by atoms with Crippen molar-refractivity contribution in [1.29, 1.82) is 0 Å². The molecule has 1 amide bonds. The van der Waals surface area contributed by atoms with E-state index >= 15 is 0 Å². The van der Waals surface area contributed by atoms with Crippen molar-refractivity contribution in [1.82, 2.24) is 14.7 Å². The van der Waals surface area contributed by atoms with Gasteiger partial charge in [0.1, 0.15) is 5.82 Å². The van der Waals surface area contributed by atoms with Gasteiger partial charge in [0.15, 0.2) is 5.69 Å². The number of nitrogens with zero attached hydrogens (tertiary/aromatic N) is 3. The Labute approximate surface area is 251 Å². The lowest BCUT2D eigenvalue weighted by Crippen LogP contribution is -2.46. The van der Waals surface area contributed by atoms with Crippen LogP contribution in [0.25, 0.3) is 0 Å². The van der Waals surface area contributed by atoms with Gasteiger partial charge >= 0.3 is 12.1 Å². The fourth-order valence-electron chi connectivity index (χ4n) is 6.17. The summed E-state index contributed by atoms with van der Waals surface area (Å²) in [6.07, 6.45) is -2.45. The van der Waals surface area contributed by atoms with E-state index in [9.17, 15) is 37.4 Å². The number of hydrogen-bond donors (Lipinski definition) is 2. The van der Waals surface area contributed by atoms with Crippen molar-refractivity contribution in [2.75, 3.05) is 6.54 Å². The summed E-state index contributed by atoms with van der Waals surface area (Å²) in [5, 5.41) is 24.3. The number of aliphatic carboxylic acids is 1. The summed E-state index contributed by atoms with van der Waals surface area (Å²) in [7, 11) is 0. The number of aromatic nitrogens is 2. The molecule has 2 N–H and O–H groups in total. The number of amides is 1. The quantitative estimate of drug-likeness (QED) is 0.304. The number of carbonyl (C=O) groups excluding carboxylic acids is 1. The molecule has 2 aliphatic carbocycles. The summed E-state index contributed by atoms with van der Waals surface area (Å²) in [6, 6.07) is 0.717. The molecule has 0 spiro atoms. The number of carbonyl (C=O) groups is 2. The number of rotatable bonds is 7. The van der Waals surface area contributed by atoms with Gasteiger partial charge in [0.2, 0.25) is 0 Å². The molecule has 0 bridgehead atoms. The molecule has 2 aromatic rings. The molecule has 2 fully saturated rings. The van der Waals surface area contributed by atoms with Gasteiger partial charge in [-0.25, -0.2) is 4.39 Å². The highest BCUT2D eigenvalue weighted by molar-refractivity contribution is 6.36. The van der Waals surface area contributed by atoms with Crippen LogP contribution in [0.5, 0.6) is 0 Å². The molecule has 2 aliphatic rings. The van der Waals surface area contributed by atoms with Crippen LogP contribution in [0.15, 0.2) is 18.3 Å².